The number of ether oxygens (including phenoxy) is 3. The zero-order chi connectivity index (χ0) is 18.0. The van der Waals surface area contributed by atoms with Gasteiger partial charge in [-0.3, -0.25) is 0 Å². The predicted octanol–water partition coefficient (Wildman–Crippen LogP) is 3.14. The minimum absolute atomic E-state index is 0.0311. The zero-order valence-electron chi connectivity index (χ0n) is 15.2. The maximum absolute atomic E-state index is 12.4. The van der Waals surface area contributed by atoms with Gasteiger partial charge in [0.15, 0.2) is 0 Å². The van der Waals surface area contributed by atoms with Crippen LogP contribution in [-0.2, 0) is 4.74 Å². The molecule has 3 rings (SSSR count). The summed E-state index contributed by atoms with van der Waals surface area (Å²) < 4.78 is 15.9. The molecule has 0 aromatic heterocycles. The van der Waals surface area contributed by atoms with Crippen LogP contribution in [0.4, 0.5) is 4.79 Å². The molecule has 2 aliphatic rings. The van der Waals surface area contributed by atoms with Crippen molar-refractivity contribution in [2.45, 2.75) is 43.7 Å². The molecule has 138 valence electrons. The Labute approximate surface area is 148 Å². The number of nitrogens with zero attached hydrogens (tertiary/aromatic N) is 1. The van der Waals surface area contributed by atoms with Crippen molar-refractivity contribution in [3.05, 3.63) is 23.8 Å². The lowest BCUT2D eigenvalue weighted by molar-refractivity contribution is -0.118. The topological polar surface area (TPSA) is 68.2 Å². The molecule has 0 radical (unpaired) electrons. The maximum Gasteiger partial charge on any atom is 0.410 e. The fourth-order valence-electron chi connectivity index (χ4n) is 4.45. The second-order valence-electron chi connectivity index (χ2n) is 6.92. The Kier molecular flexibility index (Phi) is 5.08. The Morgan fingerprint density at radius 2 is 2.00 bits per heavy atom. The van der Waals surface area contributed by atoms with Crippen LogP contribution in [0.25, 0.3) is 0 Å². The summed E-state index contributed by atoms with van der Waals surface area (Å²) >= 11 is 0. The molecule has 1 aromatic carbocycles. The Hall–Kier alpha value is -1.95. The molecule has 1 saturated heterocycles. The van der Waals surface area contributed by atoms with Gasteiger partial charge in [-0.25, -0.2) is 4.79 Å². The Balaban J connectivity index is 2.07. The predicted molar refractivity (Wildman–Crippen MR) is 92.9 cm³/mol. The third-order valence-electron chi connectivity index (χ3n) is 5.74. The maximum atomic E-state index is 12.4. The van der Waals surface area contributed by atoms with Gasteiger partial charge in [0, 0.05) is 24.1 Å². The fraction of sp³-hybridized carbons (Fsp3) is 0.632. The number of methoxy groups -OCH3 is 3. The van der Waals surface area contributed by atoms with Crippen molar-refractivity contribution >= 4 is 6.09 Å². The highest BCUT2D eigenvalue weighted by atomic mass is 16.5. The second-order valence-corrected chi connectivity index (χ2v) is 6.92. The number of benzene rings is 1. The smallest absolute Gasteiger partial charge is 0.410 e. The molecule has 1 heterocycles. The first-order valence-corrected chi connectivity index (χ1v) is 8.83. The van der Waals surface area contributed by atoms with Crippen LogP contribution in [0, 0.1) is 5.92 Å². The van der Waals surface area contributed by atoms with E-state index in [0.29, 0.717) is 24.5 Å². The van der Waals surface area contributed by atoms with E-state index in [4.69, 9.17) is 14.2 Å². The van der Waals surface area contributed by atoms with Gasteiger partial charge in [0.25, 0.3) is 0 Å². The van der Waals surface area contributed by atoms with E-state index in [1.807, 2.05) is 18.2 Å². The summed E-state index contributed by atoms with van der Waals surface area (Å²) in [7, 11) is 4.61. The van der Waals surface area contributed by atoms with Crippen LogP contribution in [0.1, 0.15) is 43.7 Å². The van der Waals surface area contributed by atoms with E-state index < -0.39 is 5.60 Å². The van der Waals surface area contributed by atoms with Crippen molar-refractivity contribution in [1.29, 1.82) is 0 Å². The molecule has 1 N–H and O–H groups in total. The summed E-state index contributed by atoms with van der Waals surface area (Å²) in [5.74, 6) is 1.32. The van der Waals surface area contributed by atoms with Gasteiger partial charge in [-0.05, 0) is 31.4 Å². The van der Waals surface area contributed by atoms with E-state index in [9.17, 15) is 9.90 Å². The fourth-order valence-corrected chi connectivity index (χ4v) is 4.45. The molecule has 6 heteroatoms. The Morgan fingerprint density at radius 1 is 1.20 bits per heavy atom. The number of carbonyl (C=O) groups is 1. The molecule has 3 atom stereocenters. The number of carbonyl (C=O) groups excluding carboxylic acids is 1. The van der Waals surface area contributed by atoms with Crippen LogP contribution in [-0.4, -0.2) is 49.6 Å². The summed E-state index contributed by atoms with van der Waals surface area (Å²) in [6, 6.07) is 5.34. The van der Waals surface area contributed by atoms with Gasteiger partial charge in [-0.2, -0.15) is 0 Å². The number of hydrogen-bond acceptors (Lipinski definition) is 5. The molecule has 25 heavy (non-hydrogen) atoms. The molecule has 1 aromatic rings. The van der Waals surface area contributed by atoms with Gasteiger partial charge in [-0.15, -0.1) is 0 Å². The van der Waals surface area contributed by atoms with Crippen molar-refractivity contribution in [3.63, 3.8) is 0 Å². The van der Waals surface area contributed by atoms with Crippen LogP contribution < -0.4 is 9.47 Å². The molecule has 1 saturated carbocycles. The van der Waals surface area contributed by atoms with E-state index in [0.717, 1.165) is 31.2 Å². The summed E-state index contributed by atoms with van der Waals surface area (Å²) in [6.45, 7) is 0.472. The van der Waals surface area contributed by atoms with E-state index in [-0.39, 0.29) is 18.1 Å². The first-order valence-electron chi connectivity index (χ1n) is 8.83. The average Bonchev–Trinajstić information content (AvgIpc) is 2.65. The number of likely N-dealkylation sites (tertiary alicyclic amines) is 1. The van der Waals surface area contributed by atoms with E-state index in [1.54, 1.807) is 19.1 Å². The number of piperidine rings is 1. The number of aliphatic hydroxyl groups is 1. The standard InChI is InChI=1S/C19H27NO5/c1-23-13-7-8-14(16(12-13)24-2)17-15-6-4-5-9-19(15,22)10-11-20(17)18(21)25-3/h7-8,12,15,17,22H,4-6,9-11H2,1-3H3/t15?,17-,19?/m0/s1. The molecule has 2 fully saturated rings. The third-order valence-corrected chi connectivity index (χ3v) is 5.74. The number of hydrogen-bond donors (Lipinski definition) is 1. The SMILES string of the molecule is COC(=O)N1CCC2(O)CCCCC2[C@@H]1c1ccc(OC)cc1OC. The normalized spacial score (nSPS) is 28.9. The van der Waals surface area contributed by atoms with E-state index in [1.165, 1.54) is 7.11 Å². The van der Waals surface area contributed by atoms with Crippen LogP contribution in [0.2, 0.25) is 0 Å². The summed E-state index contributed by atoms with van der Waals surface area (Å²) in [5.41, 5.74) is 0.150. The second kappa shape index (κ2) is 7.12. The third kappa shape index (κ3) is 3.15. The molecule has 0 spiro atoms. The lowest BCUT2D eigenvalue weighted by atomic mass is 9.66. The van der Waals surface area contributed by atoms with Crippen LogP contribution >= 0.6 is 0 Å². The quantitative estimate of drug-likeness (QED) is 0.908. The van der Waals surface area contributed by atoms with Gasteiger partial charge >= 0.3 is 6.09 Å². The van der Waals surface area contributed by atoms with Crippen molar-refractivity contribution in [2.24, 2.45) is 5.92 Å². The minimum Gasteiger partial charge on any atom is -0.497 e. The number of amides is 1. The minimum atomic E-state index is -0.738. The first kappa shape index (κ1) is 17.9. The van der Waals surface area contributed by atoms with Crippen LogP contribution in [0.3, 0.4) is 0 Å². The highest BCUT2D eigenvalue weighted by Gasteiger charge is 2.51. The van der Waals surface area contributed by atoms with E-state index in [2.05, 4.69) is 0 Å². The number of fused-ring (bicyclic) bond motifs is 1. The molecular formula is C19H27NO5. The average molecular weight is 349 g/mol. The van der Waals surface area contributed by atoms with Crippen molar-refractivity contribution in [2.75, 3.05) is 27.9 Å². The Morgan fingerprint density at radius 3 is 2.68 bits per heavy atom. The Bertz CT molecular complexity index is 634. The molecule has 1 aliphatic heterocycles. The van der Waals surface area contributed by atoms with Crippen molar-refractivity contribution in [3.8, 4) is 11.5 Å². The summed E-state index contributed by atoms with van der Waals surface area (Å²) in [5, 5.41) is 11.2. The zero-order valence-corrected chi connectivity index (χ0v) is 15.2. The molecular weight excluding hydrogens is 322 g/mol. The lowest BCUT2D eigenvalue weighted by Gasteiger charge is -2.52. The highest BCUT2D eigenvalue weighted by Crippen LogP contribution is 2.51. The van der Waals surface area contributed by atoms with Crippen molar-refractivity contribution in [1.82, 2.24) is 4.90 Å². The monoisotopic (exact) mass is 349 g/mol. The van der Waals surface area contributed by atoms with Gasteiger partial charge in [0.05, 0.1) is 33.0 Å². The van der Waals surface area contributed by atoms with Gasteiger partial charge in [0.2, 0.25) is 0 Å². The van der Waals surface area contributed by atoms with Gasteiger partial charge in [-0.1, -0.05) is 12.8 Å². The first-order chi connectivity index (χ1) is 12.0. The lowest BCUT2D eigenvalue weighted by Crippen LogP contribution is -2.56. The molecule has 6 nitrogen and oxygen atoms in total. The molecule has 1 amide bonds. The summed E-state index contributed by atoms with van der Waals surface area (Å²) in [6.07, 6.45) is 3.96. The van der Waals surface area contributed by atoms with Crippen LogP contribution in [0.15, 0.2) is 18.2 Å². The molecule has 1 aliphatic carbocycles. The number of rotatable bonds is 3. The van der Waals surface area contributed by atoms with Gasteiger partial charge < -0.3 is 24.2 Å². The summed E-state index contributed by atoms with van der Waals surface area (Å²) in [4.78, 5) is 14.1. The largest absolute Gasteiger partial charge is 0.497 e. The van der Waals surface area contributed by atoms with Gasteiger partial charge in [0.1, 0.15) is 11.5 Å². The van der Waals surface area contributed by atoms with Crippen LogP contribution in [0.5, 0.6) is 11.5 Å². The van der Waals surface area contributed by atoms with E-state index >= 15 is 0 Å². The molecule has 2 unspecified atom stereocenters. The van der Waals surface area contributed by atoms with Crippen molar-refractivity contribution < 1.29 is 24.1 Å². The highest BCUT2D eigenvalue weighted by molar-refractivity contribution is 5.69. The molecule has 0 bridgehead atoms.